The number of hydrogen-bond acceptors (Lipinski definition) is 6. The molecule has 1 heterocycles. The highest BCUT2D eigenvalue weighted by Gasteiger charge is 2.36. The van der Waals surface area contributed by atoms with Crippen LogP contribution in [-0.2, 0) is 9.59 Å². The highest BCUT2D eigenvalue weighted by atomic mass is 16.2. The van der Waals surface area contributed by atoms with E-state index in [0.29, 0.717) is 11.4 Å². The zero-order valence-electron chi connectivity index (χ0n) is 25.1. The Morgan fingerprint density at radius 1 is 1.02 bits per heavy atom. The first-order chi connectivity index (χ1) is 19.6. The summed E-state index contributed by atoms with van der Waals surface area (Å²) in [6.07, 6.45) is 5.36. The number of rotatable bonds is 10. The molecular formula is C32H44N6O3. The van der Waals surface area contributed by atoms with Gasteiger partial charge in [0.1, 0.15) is 6.54 Å². The first-order valence-electron chi connectivity index (χ1n) is 14.6. The molecule has 2 N–H and O–H groups in total. The number of carbonyl (C=O) groups excluding carboxylic acids is 3. The number of ketones is 1. The third kappa shape index (κ3) is 7.52. The van der Waals surface area contributed by atoms with Crippen molar-refractivity contribution in [1.82, 2.24) is 10.3 Å². The highest BCUT2D eigenvalue weighted by Crippen LogP contribution is 2.34. The minimum atomic E-state index is -0.623. The van der Waals surface area contributed by atoms with E-state index in [1.165, 1.54) is 16.3 Å². The van der Waals surface area contributed by atoms with Crippen LogP contribution in [0.15, 0.2) is 53.6 Å². The Morgan fingerprint density at radius 3 is 2.46 bits per heavy atom. The number of urea groups is 1. The lowest BCUT2D eigenvalue weighted by Crippen LogP contribution is -2.47. The smallest absolute Gasteiger partial charge is 0.345 e. The largest absolute Gasteiger partial charge is 0.373 e. The van der Waals surface area contributed by atoms with E-state index in [1.807, 2.05) is 83.4 Å². The second-order valence-corrected chi connectivity index (χ2v) is 12.1. The summed E-state index contributed by atoms with van der Waals surface area (Å²) in [5.74, 6) is -0.232. The molecule has 2 aromatic carbocycles. The molecule has 220 valence electrons. The summed E-state index contributed by atoms with van der Waals surface area (Å²) in [7, 11) is 3.91. The number of Topliss-reactive ketones (excluding diaryl/α,β-unsaturated/α-hetero) is 1. The van der Waals surface area contributed by atoms with Crippen molar-refractivity contribution in [2.45, 2.75) is 52.9 Å². The number of anilines is 3. The van der Waals surface area contributed by atoms with Crippen molar-refractivity contribution >= 4 is 40.5 Å². The van der Waals surface area contributed by atoms with Crippen molar-refractivity contribution in [1.29, 1.82) is 0 Å². The molecule has 0 unspecified atom stereocenters. The molecule has 0 saturated heterocycles. The lowest BCUT2D eigenvalue weighted by Gasteiger charge is -2.28. The van der Waals surface area contributed by atoms with Gasteiger partial charge in [0.2, 0.25) is 5.91 Å². The monoisotopic (exact) mass is 560 g/mol. The molecule has 2 aromatic rings. The molecular weight excluding hydrogens is 516 g/mol. The number of hydrogen-bond donors (Lipinski definition) is 2. The van der Waals surface area contributed by atoms with Gasteiger partial charge in [0.05, 0.1) is 17.9 Å². The van der Waals surface area contributed by atoms with Gasteiger partial charge in [-0.05, 0) is 44.2 Å². The lowest BCUT2D eigenvalue weighted by molar-refractivity contribution is -0.124. The fourth-order valence-electron chi connectivity index (χ4n) is 5.28. The third-order valence-electron chi connectivity index (χ3n) is 7.84. The van der Waals surface area contributed by atoms with Crippen LogP contribution in [0.5, 0.6) is 0 Å². The second kappa shape index (κ2) is 13.3. The summed E-state index contributed by atoms with van der Waals surface area (Å²) in [5.41, 5.74) is 3.34. The van der Waals surface area contributed by atoms with E-state index in [2.05, 4.69) is 15.5 Å². The number of likely N-dealkylation sites (N-methyl/N-ethyl adjacent to an activating group) is 2. The van der Waals surface area contributed by atoms with Crippen LogP contribution in [0.1, 0.15) is 58.4 Å². The Bertz CT molecular complexity index is 1280. The molecule has 9 heteroatoms. The Balaban J connectivity index is 1.63. The van der Waals surface area contributed by atoms with Crippen molar-refractivity contribution in [3.8, 4) is 0 Å². The zero-order valence-corrected chi connectivity index (χ0v) is 25.1. The average molecular weight is 561 g/mol. The molecule has 0 bridgehead atoms. The van der Waals surface area contributed by atoms with Crippen molar-refractivity contribution in [2.24, 2.45) is 16.4 Å². The Morgan fingerprint density at radius 2 is 1.76 bits per heavy atom. The van der Waals surface area contributed by atoms with Gasteiger partial charge in [-0.25, -0.2) is 9.80 Å². The van der Waals surface area contributed by atoms with E-state index in [0.717, 1.165) is 55.7 Å². The lowest BCUT2D eigenvalue weighted by atomic mass is 9.83. The van der Waals surface area contributed by atoms with Crippen molar-refractivity contribution in [2.75, 3.05) is 55.4 Å². The van der Waals surface area contributed by atoms with Gasteiger partial charge in [0, 0.05) is 48.4 Å². The molecule has 41 heavy (non-hydrogen) atoms. The minimum absolute atomic E-state index is 0.0645. The maximum atomic E-state index is 14.0. The summed E-state index contributed by atoms with van der Waals surface area (Å²) in [4.78, 5) is 44.1. The number of nitrogens with zero attached hydrogens (tertiary/aromatic N) is 4. The maximum absolute atomic E-state index is 14.0. The number of hydrazone groups is 1. The summed E-state index contributed by atoms with van der Waals surface area (Å²) < 4.78 is 0. The zero-order chi connectivity index (χ0) is 29.6. The normalized spacial score (nSPS) is 16.1. The molecule has 1 aliphatic carbocycles. The Labute approximate surface area is 244 Å². The third-order valence-corrected chi connectivity index (χ3v) is 7.84. The maximum Gasteiger partial charge on any atom is 0.345 e. The second-order valence-electron chi connectivity index (χ2n) is 12.1. The van der Waals surface area contributed by atoms with Gasteiger partial charge in [0.25, 0.3) is 0 Å². The van der Waals surface area contributed by atoms with Crippen LogP contribution in [-0.4, -0.2) is 68.7 Å². The number of fused-ring (bicyclic) bond motifs is 1. The standard InChI is InChI=1S/C32H44N6O3/c1-32(2,3)28(39)21-37-27-17-10-9-16-26(27)30(23-12-7-6-8-13-23)35-38(31(37)41)22-29(40)34-24-14-11-15-25(20-24)36(5)19-18-33-4/h9-11,14-17,20,23,33H,6-8,12-13,18-19,21-22H2,1-5H3,(H,34,40). The van der Waals surface area contributed by atoms with Crippen molar-refractivity contribution in [3.05, 3.63) is 54.1 Å². The van der Waals surface area contributed by atoms with Crippen LogP contribution in [0.2, 0.25) is 0 Å². The van der Waals surface area contributed by atoms with Gasteiger partial charge in [0.15, 0.2) is 5.78 Å². The van der Waals surface area contributed by atoms with E-state index in [4.69, 9.17) is 5.10 Å². The van der Waals surface area contributed by atoms with E-state index >= 15 is 0 Å². The Kier molecular flexibility index (Phi) is 9.81. The van der Waals surface area contributed by atoms with Gasteiger partial charge in [-0.15, -0.1) is 0 Å². The quantitative estimate of drug-likeness (QED) is 0.420. The highest BCUT2D eigenvalue weighted by molar-refractivity contribution is 6.13. The fraction of sp³-hybridized carbons (Fsp3) is 0.500. The molecule has 1 fully saturated rings. The fourth-order valence-corrected chi connectivity index (χ4v) is 5.28. The first kappa shape index (κ1) is 30.2. The van der Waals surface area contributed by atoms with Crippen LogP contribution in [0, 0.1) is 11.3 Å². The topological polar surface area (TPSA) is 97.3 Å². The van der Waals surface area contributed by atoms with Crippen LogP contribution in [0.25, 0.3) is 0 Å². The molecule has 0 aromatic heterocycles. The average Bonchev–Trinajstić information content (AvgIpc) is 3.06. The predicted octanol–water partition coefficient (Wildman–Crippen LogP) is 5.12. The van der Waals surface area contributed by atoms with E-state index in [1.54, 1.807) is 0 Å². The Hall–Kier alpha value is -3.72. The number of benzene rings is 2. The summed E-state index contributed by atoms with van der Waals surface area (Å²) in [5, 5.41) is 12.2. The van der Waals surface area contributed by atoms with E-state index in [-0.39, 0.29) is 30.7 Å². The van der Waals surface area contributed by atoms with Gasteiger partial charge in [-0.1, -0.05) is 64.3 Å². The van der Waals surface area contributed by atoms with Gasteiger partial charge < -0.3 is 15.5 Å². The van der Waals surface area contributed by atoms with Crippen LogP contribution in [0.4, 0.5) is 21.9 Å². The van der Waals surface area contributed by atoms with Crippen molar-refractivity contribution < 1.29 is 14.4 Å². The molecule has 0 atom stereocenters. The minimum Gasteiger partial charge on any atom is -0.373 e. The van der Waals surface area contributed by atoms with Gasteiger partial charge in [-0.2, -0.15) is 5.10 Å². The molecule has 0 spiro atoms. The molecule has 2 aliphatic rings. The molecule has 0 radical (unpaired) electrons. The predicted molar refractivity (Wildman–Crippen MR) is 166 cm³/mol. The van der Waals surface area contributed by atoms with Crippen LogP contribution >= 0.6 is 0 Å². The molecule has 1 saturated carbocycles. The van der Waals surface area contributed by atoms with Crippen LogP contribution < -0.4 is 20.4 Å². The number of nitrogens with one attached hydrogen (secondary N) is 2. The van der Waals surface area contributed by atoms with Gasteiger partial charge >= 0.3 is 6.03 Å². The summed E-state index contributed by atoms with van der Waals surface area (Å²) >= 11 is 0. The van der Waals surface area contributed by atoms with Gasteiger partial charge in [-0.3, -0.25) is 14.5 Å². The molecule has 1 aliphatic heterocycles. The van der Waals surface area contributed by atoms with E-state index in [9.17, 15) is 14.4 Å². The summed E-state index contributed by atoms with van der Waals surface area (Å²) in [6.45, 7) is 6.85. The van der Waals surface area contributed by atoms with Crippen LogP contribution in [0.3, 0.4) is 0 Å². The number of para-hydroxylation sites is 1. The molecule has 4 rings (SSSR count). The molecule has 3 amide bonds. The van der Waals surface area contributed by atoms with E-state index < -0.39 is 11.4 Å². The SMILES string of the molecule is CNCCN(C)c1cccc(NC(=O)CN2N=C(C3CCCCC3)c3ccccc3N(CC(=O)C(C)(C)C)C2=O)c1. The number of carbonyl (C=O) groups is 3. The number of amides is 3. The summed E-state index contributed by atoms with van der Waals surface area (Å²) in [6, 6.07) is 14.8. The first-order valence-corrected chi connectivity index (χ1v) is 14.6. The molecule has 9 nitrogen and oxygen atoms in total. The van der Waals surface area contributed by atoms with Crippen molar-refractivity contribution in [3.63, 3.8) is 0 Å².